The van der Waals surface area contributed by atoms with Crippen LogP contribution < -0.4 is 4.40 Å². The van der Waals surface area contributed by atoms with Gasteiger partial charge in [-0.1, -0.05) is 11.3 Å². The number of hydrogen-bond donors (Lipinski definition) is 0. The van der Waals surface area contributed by atoms with E-state index in [9.17, 15) is 0 Å². The van der Waals surface area contributed by atoms with Gasteiger partial charge in [-0.25, -0.2) is 0 Å². The van der Waals surface area contributed by atoms with Crippen LogP contribution in [0, 0.1) is 0 Å². The van der Waals surface area contributed by atoms with Crippen molar-refractivity contribution in [2.75, 3.05) is 0 Å². The molecular formula is C6H5N2S+. The van der Waals surface area contributed by atoms with Crippen LogP contribution in [0.4, 0.5) is 0 Å². The van der Waals surface area contributed by atoms with Crippen LogP contribution in [-0.4, -0.2) is 4.98 Å². The maximum Gasteiger partial charge on any atom is 0.285 e. The van der Waals surface area contributed by atoms with Crippen molar-refractivity contribution in [3.63, 3.8) is 0 Å². The summed E-state index contributed by atoms with van der Waals surface area (Å²) >= 11 is 1.69. The van der Waals surface area contributed by atoms with Crippen molar-refractivity contribution in [3.05, 3.63) is 30.2 Å². The van der Waals surface area contributed by atoms with Gasteiger partial charge in [0.25, 0.3) is 4.83 Å². The van der Waals surface area contributed by atoms with Crippen molar-refractivity contribution in [1.82, 2.24) is 4.98 Å². The summed E-state index contributed by atoms with van der Waals surface area (Å²) in [6.45, 7) is 0. The minimum atomic E-state index is 1.18. The van der Waals surface area contributed by atoms with Gasteiger partial charge in [0.15, 0.2) is 12.4 Å². The summed E-state index contributed by atoms with van der Waals surface area (Å²) < 4.78 is 2.04. The summed E-state index contributed by atoms with van der Waals surface area (Å²) in [4.78, 5) is 5.15. The van der Waals surface area contributed by atoms with Gasteiger partial charge in [0.1, 0.15) is 6.20 Å². The smallest absolute Gasteiger partial charge is 0.251 e. The van der Waals surface area contributed by atoms with Crippen molar-refractivity contribution in [2.45, 2.75) is 0 Å². The lowest BCUT2D eigenvalue weighted by Crippen LogP contribution is -2.15. The first kappa shape index (κ1) is 4.88. The Balaban J connectivity index is 2.95. The van der Waals surface area contributed by atoms with Gasteiger partial charge < -0.3 is 0 Å². The predicted octanol–water partition coefficient (Wildman–Crippen LogP) is 0.882. The van der Waals surface area contributed by atoms with Crippen molar-refractivity contribution in [3.8, 4) is 0 Å². The number of fused-ring (bicyclic) bond motifs is 1. The summed E-state index contributed by atoms with van der Waals surface area (Å²) in [6, 6.07) is 0. The SMILES string of the molecule is c1c[n+]2ccsc2cn1. The molecule has 0 atom stereocenters. The summed E-state index contributed by atoms with van der Waals surface area (Å²) in [5, 5.41) is 2.04. The van der Waals surface area contributed by atoms with Gasteiger partial charge in [0, 0.05) is 0 Å². The molecule has 0 aromatic carbocycles. The Bertz CT molecular complexity index is 285. The zero-order valence-corrected chi connectivity index (χ0v) is 5.51. The Morgan fingerprint density at radius 1 is 1.44 bits per heavy atom. The van der Waals surface area contributed by atoms with Crippen LogP contribution in [0.3, 0.4) is 0 Å². The molecule has 2 rings (SSSR count). The van der Waals surface area contributed by atoms with Gasteiger partial charge in [0.05, 0.1) is 11.6 Å². The molecular weight excluding hydrogens is 132 g/mol. The lowest BCUT2D eigenvalue weighted by Gasteiger charge is -1.74. The molecule has 0 aliphatic rings. The van der Waals surface area contributed by atoms with Crippen LogP contribution >= 0.6 is 11.3 Å². The Kier molecular flexibility index (Phi) is 0.960. The summed E-state index contributed by atoms with van der Waals surface area (Å²) in [5.74, 6) is 0. The highest BCUT2D eigenvalue weighted by molar-refractivity contribution is 7.14. The van der Waals surface area contributed by atoms with Crippen LogP contribution in [0.1, 0.15) is 0 Å². The molecule has 2 heterocycles. The average Bonchev–Trinajstić information content (AvgIpc) is 2.33. The van der Waals surface area contributed by atoms with Gasteiger partial charge >= 0.3 is 0 Å². The third-order valence-corrected chi connectivity index (χ3v) is 1.98. The summed E-state index contributed by atoms with van der Waals surface area (Å²) in [6.07, 6.45) is 7.58. The highest BCUT2D eigenvalue weighted by Crippen LogP contribution is 2.00. The second kappa shape index (κ2) is 1.77. The van der Waals surface area contributed by atoms with Crippen LogP contribution in [0.5, 0.6) is 0 Å². The fourth-order valence-corrected chi connectivity index (χ4v) is 1.43. The van der Waals surface area contributed by atoms with E-state index in [0.29, 0.717) is 0 Å². The quantitative estimate of drug-likeness (QED) is 0.493. The van der Waals surface area contributed by atoms with E-state index in [2.05, 4.69) is 4.98 Å². The molecule has 0 saturated carbocycles. The first-order valence-corrected chi connectivity index (χ1v) is 3.53. The number of thiazole rings is 1. The first-order chi connectivity index (χ1) is 4.47. The van der Waals surface area contributed by atoms with E-state index in [1.54, 1.807) is 17.5 Å². The van der Waals surface area contributed by atoms with Crippen molar-refractivity contribution < 1.29 is 4.40 Å². The van der Waals surface area contributed by atoms with Crippen LogP contribution in [-0.2, 0) is 0 Å². The lowest BCUT2D eigenvalue weighted by molar-refractivity contribution is -0.507. The van der Waals surface area contributed by atoms with E-state index in [-0.39, 0.29) is 0 Å². The molecule has 0 amide bonds. The van der Waals surface area contributed by atoms with E-state index in [4.69, 9.17) is 0 Å². The van der Waals surface area contributed by atoms with E-state index in [1.807, 2.05) is 28.4 Å². The highest BCUT2D eigenvalue weighted by atomic mass is 32.1. The van der Waals surface area contributed by atoms with E-state index in [1.165, 1.54) is 4.83 Å². The number of hydrogen-bond acceptors (Lipinski definition) is 2. The molecule has 0 saturated heterocycles. The number of rotatable bonds is 0. The molecule has 3 heteroatoms. The Morgan fingerprint density at radius 2 is 2.44 bits per heavy atom. The average molecular weight is 137 g/mol. The molecule has 0 radical (unpaired) electrons. The van der Waals surface area contributed by atoms with Crippen LogP contribution in [0.15, 0.2) is 30.2 Å². The standard InChI is InChI=1S/C6H5N2S/c1-2-8-3-4-9-6(8)5-7-1/h1-5H/q+1. The monoisotopic (exact) mass is 137 g/mol. The maximum atomic E-state index is 3.97. The van der Waals surface area contributed by atoms with Crippen LogP contribution in [0.2, 0.25) is 0 Å². The summed E-state index contributed by atoms with van der Waals surface area (Å²) in [5.41, 5.74) is 0. The normalized spacial score (nSPS) is 10.2. The highest BCUT2D eigenvalue weighted by Gasteiger charge is 1.98. The zero-order chi connectivity index (χ0) is 6.10. The molecule has 0 N–H and O–H groups in total. The van der Waals surface area contributed by atoms with Gasteiger partial charge in [-0.05, 0) is 0 Å². The lowest BCUT2D eigenvalue weighted by atomic mass is 10.7. The Hall–Kier alpha value is -0.960. The minimum absolute atomic E-state index is 1.18. The van der Waals surface area contributed by atoms with Gasteiger partial charge in [-0.15, -0.1) is 0 Å². The molecule has 2 nitrogen and oxygen atoms in total. The third kappa shape index (κ3) is 0.695. The molecule has 9 heavy (non-hydrogen) atoms. The Morgan fingerprint density at radius 3 is 3.33 bits per heavy atom. The first-order valence-electron chi connectivity index (χ1n) is 2.65. The number of nitrogens with zero attached hydrogens (tertiary/aromatic N) is 2. The van der Waals surface area contributed by atoms with E-state index >= 15 is 0 Å². The topological polar surface area (TPSA) is 17.0 Å². The van der Waals surface area contributed by atoms with E-state index in [0.717, 1.165) is 0 Å². The second-order valence-electron chi connectivity index (χ2n) is 1.72. The second-order valence-corrected chi connectivity index (χ2v) is 2.65. The fourth-order valence-electron chi connectivity index (χ4n) is 0.737. The Labute approximate surface area is 56.4 Å². The van der Waals surface area contributed by atoms with Gasteiger partial charge in [0.2, 0.25) is 0 Å². The molecule has 44 valence electrons. The zero-order valence-electron chi connectivity index (χ0n) is 4.69. The summed E-state index contributed by atoms with van der Waals surface area (Å²) in [7, 11) is 0. The molecule has 0 fully saturated rings. The molecule has 0 aliphatic carbocycles. The molecule has 0 spiro atoms. The molecule has 0 unspecified atom stereocenters. The fraction of sp³-hybridized carbons (Fsp3) is 0. The molecule has 0 aliphatic heterocycles. The van der Waals surface area contributed by atoms with Gasteiger partial charge in [-0.3, -0.25) is 4.98 Å². The minimum Gasteiger partial charge on any atom is -0.251 e. The van der Waals surface area contributed by atoms with Gasteiger partial charge in [-0.2, -0.15) is 4.40 Å². The molecule has 2 aromatic heterocycles. The van der Waals surface area contributed by atoms with E-state index < -0.39 is 0 Å². The van der Waals surface area contributed by atoms with Crippen molar-refractivity contribution in [1.29, 1.82) is 0 Å². The molecule has 0 bridgehead atoms. The van der Waals surface area contributed by atoms with Crippen LogP contribution in [0.25, 0.3) is 4.83 Å². The third-order valence-electron chi connectivity index (χ3n) is 1.16. The largest absolute Gasteiger partial charge is 0.285 e. The van der Waals surface area contributed by atoms with Crippen molar-refractivity contribution in [2.24, 2.45) is 0 Å². The number of aromatic nitrogens is 2. The van der Waals surface area contributed by atoms with Crippen molar-refractivity contribution >= 4 is 16.2 Å². The maximum absolute atomic E-state index is 3.97. The predicted molar refractivity (Wildman–Crippen MR) is 35.3 cm³/mol. The molecule has 2 aromatic rings.